The number of benzene rings is 3. The molecule has 1 amide bonds. The molecule has 0 unspecified atom stereocenters. The zero-order valence-corrected chi connectivity index (χ0v) is 20.2. The van der Waals surface area contributed by atoms with E-state index in [1.54, 1.807) is 12.1 Å². The van der Waals surface area contributed by atoms with Gasteiger partial charge in [0.2, 0.25) is 0 Å². The van der Waals surface area contributed by atoms with E-state index < -0.39 is 5.91 Å². The van der Waals surface area contributed by atoms with Crippen LogP contribution in [0.1, 0.15) is 34.7 Å². The Morgan fingerprint density at radius 1 is 1.09 bits per heavy atom. The molecule has 168 valence electrons. The molecule has 4 nitrogen and oxygen atoms in total. The van der Waals surface area contributed by atoms with Crippen LogP contribution in [-0.4, -0.2) is 12.5 Å². The molecule has 0 bridgehead atoms. The van der Waals surface area contributed by atoms with Gasteiger partial charge in [-0.2, -0.15) is 5.26 Å². The number of halogens is 2. The number of nitriles is 1. The van der Waals surface area contributed by atoms with Crippen LogP contribution >= 0.6 is 23.2 Å². The van der Waals surface area contributed by atoms with Gasteiger partial charge in [0.15, 0.2) is 0 Å². The second-order valence-corrected chi connectivity index (χ2v) is 8.44. The van der Waals surface area contributed by atoms with Crippen LogP contribution < -0.4 is 10.1 Å². The van der Waals surface area contributed by atoms with Crippen molar-refractivity contribution in [2.75, 3.05) is 11.9 Å². The number of nitrogens with zero attached hydrogens (tertiary/aromatic N) is 1. The number of ether oxygens (including phenoxy) is 1. The SMILES string of the molecule is CCOc1cc(/C=C(\C#N)C(=O)Nc2cc(C)ccc2C)cc(Cl)c1Cc1ccccc1Cl. The number of anilines is 1. The molecule has 3 aromatic carbocycles. The van der Waals surface area contributed by atoms with Gasteiger partial charge in [-0.15, -0.1) is 0 Å². The van der Waals surface area contributed by atoms with Crippen molar-refractivity contribution >= 4 is 40.9 Å². The number of carbonyl (C=O) groups excluding carboxylic acids is 1. The average Bonchev–Trinajstić information content (AvgIpc) is 2.78. The van der Waals surface area contributed by atoms with E-state index in [2.05, 4.69) is 5.32 Å². The smallest absolute Gasteiger partial charge is 0.266 e. The van der Waals surface area contributed by atoms with Crippen molar-refractivity contribution in [2.45, 2.75) is 27.2 Å². The third-order valence-corrected chi connectivity index (χ3v) is 5.83. The quantitative estimate of drug-likeness (QED) is 0.289. The first-order valence-electron chi connectivity index (χ1n) is 10.5. The van der Waals surface area contributed by atoms with E-state index in [0.717, 1.165) is 22.3 Å². The highest BCUT2D eigenvalue weighted by Gasteiger charge is 2.15. The van der Waals surface area contributed by atoms with Crippen molar-refractivity contribution in [1.29, 1.82) is 5.26 Å². The Labute approximate surface area is 204 Å². The molecule has 0 heterocycles. The minimum Gasteiger partial charge on any atom is -0.494 e. The molecule has 0 aliphatic rings. The molecule has 0 atom stereocenters. The zero-order chi connectivity index (χ0) is 24.0. The minimum absolute atomic E-state index is 0.0340. The second kappa shape index (κ2) is 11.0. The molecule has 3 rings (SSSR count). The lowest BCUT2D eigenvalue weighted by atomic mass is 10.0. The van der Waals surface area contributed by atoms with Gasteiger partial charge in [-0.1, -0.05) is 53.5 Å². The molecule has 0 aliphatic carbocycles. The standard InChI is InChI=1S/C27H24Cl2N2O2/c1-4-33-26-14-19(13-24(29)22(26)15-20-7-5-6-8-23(20)28)12-21(16-30)27(32)31-25-11-17(2)9-10-18(25)3/h5-14H,4,15H2,1-3H3,(H,31,32)/b21-12+. The Balaban J connectivity index is 1.94. The molecule has 0 radical (unpaired) electrons. The Hall–Kier alpha value is -3.26. The summed E-state index contributed by atoms with van der Waals surface area (Å²) in [5, 5.41) is 13.6. The van der Waals surface area contributed by atoms with Gasteiger partial charge in [0.25, 0.3) is 5.91 Å². The molecular formula is C27H24Cl2N2O2. The van der Waals surface area contributed by atoms with Gasteiger partial charge >= 0.3 is 0 Å². The fourth-order valence-corrected chi connectivity index (χ4v) is 3.87. The first-order valence-corrected chi connectivity index (χ1v) is 11.3. The maximum atomic E-state index is 12.8. The molecule has 1 N–H and O–H groups in total. The van der Waals surface area contributed by atoms with E-state index >= 15 is 0 Å². The molecule has 6 heteroatoms. The maximum Gasteiger partial charge on any atom is 0.266 e. The Bertz CT molecular complexity index is 1260. The molecule has 0 aromatic heterocycles. The summed E-state index contributed by atoms with van der Waals surface area (Å²) < 4.78 is 5.83. The topological polar surface area (TPSA) is 62.1 Å². The monoisotopic (exact) mass is 478 g/mol. The normalized spacial score (nSPS) is 11.1. The van der Waals surface area contributed by atoms with Crippen LogP contribution in [0.25, 0.3) is 6.08 Å². The Morgan fingerprint density at radius 3 is 2.55 bits per heavy atom. The van der Waals surface area contributed by atoms with E-state index in [4.69, 9.17) is 27.9 Å². The summed E-state index contributed by atoms with van der Waals surface area (Å²) in [7, 11) is 0. The van der Waals surface area contributed by atoms with Gasteiger partial charge in [0.1, 0.15) is 17.4 Å². The molecule has 0 saturated carbocycles. The number of aryl methyl sites for hydroxylation is 2. The lowest BCUT2D eigenvalue weighted by Crippen LogP contribution is -2.14. The van der Waals surface area contributed by atoms with Crippen LogP contribution in [-0.2, 0) is 11.2 Å². The van der Waals surface area contributed by atoms with E-state index in [1.165, 1.54) is 6.08 Å². The highest BCUT2D eigenvalue weighted by atomic mass is 35.5. The first kappa shape index (κ1) is 24.4. The summed E-state index contributed by atoms with van der Waals surface area (Å²) >= 11 is 12.9. The van der Waals surface area contributed by atoms with Gasteiger partial charge in [-0.05, 0) is 73.4 Å². The van der Waals surface area contributed by atoms with Gasteiger partial charge in [-0.25, -0.2) is 0 Å². The highest BCUT2D eigenvalue weighted by molar-refractivity contribution is 6.32. The van der Waals surface area contributed by atoms with Crippen molar-refractivity contribution in [3.8, 4) is 11.8 Å². The fourth-order valence-electron chi connectivity index (χ4n) is 3.38. The Morgan fingerprint density at radius 2 is 1.85 bits per heavy atom. The minimum atomic E-state index is -0.486. The van der Waals surface area contributed by atoms with E-state index in [9.17, 15) is 10.1 Å². The second-order valence-electron chi connectivity index (χ2n) is 7.62. The largest absolute Gasteiger partial charge is 0.494 e. The molecule has 3 aromatic rings. The molecular weight excluding hydrogens is 455 g/mol. The first-order chi connectivity index (χ1) is 15.8. The van der Waals surface area contributed by atoms with Crippen LogP contribution in [0.3, 0.4) is 0 Å². The van der Waals surface area contributed by atoms with Crippen LogP contribution in [0.5, 0.6) is 5.75 Å². The summed E-state index contributed by atoms with van der Waals surface area (Å²) in [5.41, 5.74) is 4.88. The predicted octanol–water partition coefficient (Wildman–Crippen LogP) is 7.15. The average molecular weight is 479 g/mol. The maximum absolute atomic E-state index is 12.8. The van der Waals surface area contributed by atoms with Gasteiger partial charge in [0.05, 0.1) is 6.61 Å². The molecule has 33 heavy (non-hydrogen) atoms. The molecule has 0 saturated heterocycles. The Kier molecular flexibility index (Phi) is 8.16. The molecule has 0 spiro atoms. The highest BCUT2D eigenvalue weighted by Crippen LogP contribution is 2.33. The van der Waals surface area contributed by atoms with Crippen LogP contribution in [0.15, 0.2) is 60.2 Å². The van der Waals surface area contributed by atoms with E-state index in [1.807, 2.05) is 69.3 Å². The summed E-state index contributed by atoms with van der Waals surface area (Å²) in [5.74, 6) is 0.101. The van der Waals surface area contributed by atoms with E-state index in [-0.39, 0.29) is 5.57 Å². The third-order valence-electron chi connectivity index (χ3n) is 5.12. The van der Waals surface area contributed by atoms with Crippen molar-refractivity contribution in [1.82, 2.24) is 0 Å². The number of rotatable bonds is 7. The number of hydrogen-bond donors (Lipinski definition) is 1. The van der Waals surface area contributed by atoms with Crippen molar-refractivity contribution in [3.05, 3.63) is 98.0 Å². The molecule has 0 aliphatic heterocycles. The molecule has 0 fully saturated rings. The van der Waals surface area contributed by atoms with Crippen LogP contribution in [0.4, 0.5) is 5.69 Å². The number of hydrogen-bond acceptors (Lipinski definition) is 3. The summed E-state index contributed by atoms with van der Waals surface area (Å²) in [6.07, 6.45) is 2.00. The summed E-state index contributed by atoms with van der Waals surface area (Å²) in [4.78, 5) is 12.8. The predicted molar refractivity (Wildman–Crippen MR) is 135 cm³/mol. The van der Waals surface area contributed by atoms with E-state index in [0.29, 0.717) is 40.1 Å². The van der Waals surface area contributed by atoms with Gasteiger partial charge < -0.3 is 10.1 Å². The number of amides is 1. The van der Waals surface area contributed by atoms with Gasteiger partial charge in [-0.3, -0.25) is 4.79 Å². The fraction of sp³-hybridized carbons (Fsp3) is 0.185. The third kappa shape index (κ3) is 6.16. The van der Waals surface area contributed by atoms with Crippen LogP contribution in [0, 0.1) is 25.2 Å². The summed E-state index contributed by atoms with van der Waals surface area (Å²) in [6, 6.07) is 18.8. The lowest BCUT2D eigenvalue weighted by molar-refractivity contribution is -0.112. The number of carbonyl (C=O) groups is 1. The lowest BCUT2D eigenvalue weighted by Gasteiger charge is -2.14. The zero-order valence-electron chi connectivity index (χ0n) is 18.7. The van der Waals surface area contributed by atoms with Crippen molar-refractivity contribution in [2.24, 2.45) is 0 Å². The number of nitrogens with one attached hydrogen (secondary N) is 1. The van der Waals surface area contributed by atoms with Crippen molar-refractivity contribution in [3.63, 3.8) is 0 Å². The van der Waals surface area contributed by atoms with Crippen LogP contribution in [0.2, 0.25) is 10.0 Å². The van der Waals surface area contributed by atoms with Gasteiger partial charge in [0, 0.05) is 27.7 Å². The van der Waals surface area contributed by atoms with Crippen molar-refractivity contribution < 1.29 is 9.53 Å². The summed E-state index contributed by atoms with van der Waals surface area (Å²) in [6.45, 7) is 6.17.